The Labute approximate surface area is 366 Å². The van der Waals surface area contributed by atoms with Gasteiger partial charge >= 0.3 is 0 Å². The van der Waals surface area contributed by atoms with Gasteiger partial charge in [0.2, 0.25) is 11.8 Å². The van der Waals surface area contributed by atoms with Gasteiger partial charge in [0, 0.05) is 67.7 Å². The highest BCUT2D eigenvalue weighted by Crippen LogP contribution is 2.37. The molecule has 16 nitrogen and oxygen atoms in total. The second-order valence-corrected chi connectivity index (χ2v) is 20.3. The summed E-state index contributed by atoms with van der Waals surface area (Å²) in [6, 6.07) is 16.3. The molecule has 2 N–H and O–H groups in total. The SMILES string of the molecule is COc1cc(-c2ccc3c(c2Cc2nc(S(=O)(=O)Cl)n[nH]2)CCC3)ccn1.COc1cc(-c2ccc3c(c2Cc2nc(S(=O)(=O)N4CCC(CN(C)C)C4)n[nH]2)CCC3)ccn1. The Morgan fingerprint density at radius 2 is 1.26 bits per heavy atom. The number of fused-ring (bicyclic) bond motifs is 2. The molecule has 6 aromatic rings. The third-order valence-electron chi connectivity index (χ3n) is 11.7. The van der Waals surface area contributed by atoms with Gasteiger partial charge in [0.05, 0.1) is 14.2 Å². The van der Waals surface area contributed by atoms with Gasteiger partial charge in [0.1, 0.15) is 11.6 Å². The molecule has 5 heterocycles. The Bertz CT molecular complexity index is 2810. The predicted molar refractivity (Wildman–Crippen MR) is 233 cm³/mol. The van der Waals surface area contributed by atoms with Crippen LogP contribution in [0.25, 0.3) is 22.3 Å². The van der Waals surface area contributed by atoms with Crippen LogP contribution in [-0.2, 0) is 57.6 Å². The number of nitrogens with one attached hydrogen (secondary N) is 2. The van der Waals surface area contributed by atoms with Crippen molar-refractivity contribution >= 4 is 29.8 Å². The van der Waals surface area contributed by atoms with E-state index in [0.717, 1.165) is 84.9 Å². The van der Waals surface area contributed by atoms with Crippen LogP contribution in [0.5, 0.6) is 11.8 Å². The number of halogens is 1. The second-order valence-electron chi connectivity index (χ2n) is 16.0. The number of hydrogen-bond donors (Lipinski definition) is 2. The van der Waals surface area contributed by atoms with Gasteiger partial charge < -0.3 is 14.4 Å². The summed E-state index contributed by atoms with van der Waals surface area (Å²) in [6.45, 7) is 1.88. The first kappa shape index (κ1) is 43.4. The van der Waals surface area contributed by atoms with Gasteiger partial charge in [-0.2, -0.15) is 4.31 Å². The molecule has 9 rings (SSSR count). The van der Waals surface area contributed by atoms with Crippen molar-refractivity contribution in [3.8, 4) is 34.0 Å². The zero-order valence-electron chi connectivity index (χ0n) is 35.1. The molecule has 2 aromatic carbocycles. The van der Waals surface area contributed by atoms with Crippen LogP contribution in [0.15, 0.2) is 71.2 Å². The van der Waals surface area contributed by atoms with Gasteiger partial charge in [0.15, 0.2) is 0 Å². The second kappa shape index (κ2) is 18.2. The fourth-order valence-electron chi connectivity index (χ4n) is 8.88. The molecule has 0 bridgehead atoms. The number of aromatic amines is 2. The molecule has 2 aliphatic carbocycles. The summed E-state index contributed by atoms with van der Waals surface area (Å²) in [7, 11) is 4.85. The number of sulfonamides is 1. The molecule has 19 heteroatoms. The quantitative estimate of drug-likeness (QED) is 0.140. The van der Waals surface area contributed by atoms with Crippen LogP contribution in [-0.4, -0.2) is 114 Å². The lowest BCUT2D eigenvalue weighted by Crippen LogP contribution is -2.31. The summed E-state index contributed by atoms with van der Waals surface area (Å²) in [5.74, 6) is 2.42. The van der Waals surface area contributed by atoms with Crippen molar-refractivity contribution in [1.82, 2.24) is 49.5 Å². The van der Waals surface area contributed by atoms with E-state index in [-0.39, 0.29) is 5.16 Å². The fraction of sp³-hybridized carbons (Fsp3) is 0.395. The number of H-pyrrole nitrogens is 2. The predicted octanol–water partition coefficient (Wildman–Crippen LogP) is 5.41. The Kier molecular flexibility index (Phi) is 12.7. The Morgan fingerprint density at radius 1 is 0.742 bits per heavy atom. The van der Waals surface area contributed by atoms with Gasteiger partial charge in [-0.05, 0) is 133 Å². The van der Waals surface area contributed by atoms with Gasteiger partial charge in [-0.25, -0.2) is 36.8 Å². The first-order valence-corrected chi connectivity index (χ1v) is 24.3. The molecular weight excluding hydrogens is 852 g/mol. The summed E-state index contributed by atoms with van der Waals surface area (Å²) < 4.78 is 61.4. The summed E-state index contributed by atoms with van der Waals surface area (Å²) in [5.41, 5.74) is 11.7. The molecule has 62 heavy (non-hydrogen) atoms. The summed E-state index contributed by atoms with van der Waals surface area (Å²) in [5, 5.41) is 12.9. The zero-order chi connectivity index (χ0) is 43.6. The molecule has 1 atom stereocenters. The van der Waals surface area contributed by atoms with E-state index < -0.39 is 24.2 Å². The lowest BCUT2D eigenvalue weighted by atomic mass is 9.91. The van der Waals surface area contributed by atoms with Crippen molar-refractivity contribution in [3.05, 3.63) is 106 Å². The monoisotopic (exact) mass is 900 g/mol. The zero-order valence-corrected chi connectivity index (χ0v) is 37.4. The van der Waals surface area contributed by atoms with Gasteiger partial charge in [-0.1, -0.05) is 24.3 Å². The van der Waals surface area contributed by atoms with Crippen LogP contribution in [0.2, 0.25) is 0 Å². The Balaban J connectivity index is 0.000000176. The maximum atomic E-state index is 13.2. The third kappa shape index (κ3) is 9.39. The number of ether oxygens (including phenoxy) is 2. The van der Waals surface area contributed by atoms with Crippen molar-refractivity contribution in [2.45, 2.75) is 68.1 Å². The Morgan fingerprint density at radius 3 is 1.74 bits per heavy atom. The number of rotatable bonds is 13. The topological polar surface area (TPSA) is 202 Å². The minimum Gasteiger partial charge on any atom is -0.481 e. The molecule has 1 unspecified atom stereocenters. The number of aryl methyl sites for hydroxylation is 2. The highest BCUT2D eigenvalue weighted by molar-refractivity contribution is 8.13. The highest BCUT2D eigenvalue weighted by atomic mass is 35.7. The van der Waals surface area contributed by atoms with E-state index >= 15 is 0 Å². The highest BCUT2D eigenvalue weighted by Gasteiger charge is 2.35. The minimum atomic E-state index is -3.96. The van der Waals surface area contributed by atoms with Crippen molar-refractivity contribution in [3.63, 3.8) is 0 Å². The number of methoxy groups -OCH3 is 2. The van der Waals surface area contributed by atoms with Crippen molar-refractivity contribution in [2.75, 3.05) is 47.9 Å². The first-order valence-electron chi connectivity index (χ1n) is 20.5. The summed E-state index contributed by atoms with van der Waals surface area (Å²) in [4.78, 5) is 19.0. The first-order chi connectivity index (χ1) is 29.8. The molecule has 0 spiro atoms. The molecule has 1 saturated heterocycles. The lowest BCUT2D eigenvalue weighted by Gasteiger charge is -2.17. The molecule has 1 fully saturated rings. The molecule has 326 valence electrons. The third-order valence-corrected chi connectivity index (χ3v) is 14.4. The molecular formula is C43H49ClN10O6S2. The number of benzene rings is 2. The number of aromatic nitrogens is 8. The van der Waals surface area contributed by atoms with Crippen LogP contribution in [0.4, 0.5) is 0 Å². The minimum absolute atomic E-state index is 0.141. The normalized spacial score (nSPS) is 16.3. The van der Waals surface area contributed by atoms with E-state index in [1.807, 2.05) is 38.4 Å². The number of nitrogens with zero attached hydrogens (tertiary/aromatic N) is 8. The smallest absolute Gasteiger partial charge is 0.298 e. The molecule has 0 amide bonds. The Hall–Kier alpha value is -5.27. The fourth-order valence-corrected chi connectivity index (χ4v) is 10.8. The van der Waals surface area contributed by atoms with Gasteiger partial charge in [-0.15, -0.1) is 10.2 Å². The summed E-state index contributed by atoms with van der Waals surface area (Å²) >= 11 is 0. The van der Waals surface area contributed by atoms with E-state index in [0.29, 0.717) is 55.3 Å². The average molecular weight is 902 g/mol. The van der Waals surface area contributed by atoms with Crippen LogP contribution in [0, 0.1) is 5.92 Å². The van der Waals surface area contributed by atoms with Crippen LogP contribution in [0.3, 0.4) is 0 Å². The van der Waals surface area contributed by atoms with E-state index in [2.05, 4.69) is 69.5 Å². The average Bonchev–Trinajstić information content (AvgIpc) is 4.12. The largest absolute Gasteiger partial charge is 0.481 e. The van der Waals surface area contributed by atoms with E-state index in [9.17, 15) is 16.8 Å². The van der Waals surface area contributed by atoms with Crippen molar-refractivity contribution in [1.29, 1.82) is 0 Å². The maximum absolute atomic E-state index is 13.2. The maximum Gasteiger partial charge on any atom is 0.298 e. The van der Waals surface area contributed by atoms with Crippen LogP contribution < -0.4 is 9.47 Å². The van der Waals surface area contributed by atoms with Crippen LogP contribution >= 0.6 is 10.7 Å². The molecule has 3 aliphatic rings. The van der Waals surface area contributed by atoms with E-state index in [4.69, 9.17) is 20.2 Å². The number of hydrogen-bond acceptors (Lipinski definition) is 13. The van der Waals surface area contributed by atoms with Gasteiger partial charge in [0.25, 0.3) is 29.4 Å². The van der Waals surface area contributed by atoms with Crippen molar-refractivity contribution < 1.29 is 26.3 Å². The standard InChI is InChI=1S/C25H32N6O3S.C18H17ClN4O3S/c1-30(2)15-17-10-12-31(16-17)35(32,33)25-27-23(28-29-25)14-22-20-6-4-5-18(20)7-8-21(22)19-9-11-26-24(13-19)34-3;1-26-17-9-12(7-8-20-17)14-6-5-11-3-2-4-13(11)15(14)10-16-21-18(23-22-16)27(19,24)25/h7-9,11,13,17H,4-6,10,12,14-16H2,1-3H3,(H,27,28,29);5-9H,2-4,10H2,1H3,(H,21,22,23). The van der Waals surface area contributed by atoms with Crippen LogP contribution in [0.1, 0.15) is 64.3 Å². The van der Waals surface area contributed by atoms with E-state index in [1.165, 1.54) is 26.6 Å². The molecule has 0 radical (unpaired) electrons. The van der Waals surface area contributed by atoms with E-state index in [1.54, 1.807) is 26.6 Å². The molecule has 1 aliphatic heterocycles. The number of pyridine rings is 2. The lowest BCUT2D eigenvalue weighted by molar-refractivity contribution is 0.329. The molecule has 0 saturated carbocycles. The molecule has 4 aromatic heterocycles. The summed E-state index contributed by atoms with van der Waals surface area (Å²) in [6.07, 6.45) is 11.5. The van der Waals surface area contributed by atoms with Gasteiger partial charge in [-0.3, -0.25) is 10.2 Å². The van der Waals surface area contributed by atoms with Crippen molar-refractivity contribution in [2.24, 2.45) is 5.92 Å².